The minimum atomic E-state index is -0.405. The summed E-state index contributed by atoms with van der Waals surface area (Å²) in [4.78, 5) is 11.8. The summed E-state index contributed by atoms with van der Waals surface area (Å²) in [5.41, 5.74) is 7.12. The van der Waals surface area contributed by atoms with E-state index in [1.807, 2.05) is 32.0 Å². The van der Waals surface area contributed by atoms with E-state index in [1.54, 1.807) is 0 Å². The van der Waals surface area contributed by atoms with Gasteiger partial charge in [0.2, 0.25) is 5.91 Å². The Kier molecular flexibility index (Phi) is 5.86. The number of nitrogens with one attached hydrogen (secondary N) is 1. The Morgan fingerprint density at radius 2 is 1.89 bits per heavy atom. The molecule has 0 bridgehead atoms. The van der Waals surface area contributed by atoms with Gasteiger partial charge in [-0.05, 0) is 17.4 Å². The summed E-state index contributed by atoms with van der Waals surface area (Å²) in [6, 6.07) is 9.76. The number of carbonyl (C=O) groups is 1. The third-order valence-corrected chi connectivity index (χ3v) is 3.51. The molecule has 0 saturated carbocycles. The van der Waals surface area contributed by atoms with Gasteiger partial charge >= 0.3 is 0 Å². The first-order chi connectivity index (χ1) is 8.56. The van der Waals surface area contributed by atoms with Crippen molar-refractivity contribution in [3.05, 3.63) is 35.9 Å². The summed E-state index contributed by atoms with van der Waals surface area (Å²) in [5.74, 6) is 0.475. The first-order valence-electron chi connectivity index (χ1n) is 6.64. The highest BCUT2D eigenvalue weighted by Gasteiger charge is 2.19. The summed E-state index contributed by atoms with van der Waals surface area (Å²) in [5, 5.41) is 2.93. The zero-order chi connectivity index (χ0) is 13.5. The molecule has 0 radical (unpaired) electrons. The predicted octanol–water partition coefficient (Wildman–Crippen LogP) is 2.28. The lowest BCUT2D eigenvalue weighted by molar-refractivity contribution is -0.123. The zero-order valence-electron chi connectivity index (χ0n) is 11.5. The molecule has 1 amide bonds. The third-order valence-electron chi connectivity index (χ3n) is 3.51. The Balaban J connectivity index is 2.43. The molecule has 18 heavy (non-hydrogen) atoms. The van der Waals surface area contributed by atoms with Gasteiger partial charge in [-0.1, -0.05) is 57.5 Å². The van der Waals surface area contributed by atoms with Crippen molar-refractivity contribution in [2.45, 2.75) is 39.2 Å². The molecule has 1 aromatic carbocycles. The predicted molar refractivity (Wildman–Crippen MR) is 75.3 cm³/mol. The summed E-state index contributed by atoms with van der Waals surface area (Å²) in [7, 11) is 0. The highest BCUT2D eigenvalue weighted by atomic mass is 16.2. The molecule has 100 valence electrons. The monoisotopic (exact) mass is 248 g/mol. The van der Waals surface area contributed by atoms with Crippen LogP contribution in [0.3, 0.4) is 0 Å². The standard InChI is InChI=1S/C15H24N2O/c1-4-11(2)14(16)15(18)17-10-12(3)13-8-6-5-7-9-13/h5-9,11-12,14H,4,10,16H2,1-3H3,(H,17,18). The minimum absolute atomic E-state index is 0.0490. The van der Waals surface area contributed by atoms with E-state index in [-0.39, 0.29) is 11.8 Å². The van der Waals surface area contributed by atoms with Crippen LogP contribution in [0.1, 0.15) is 38.7 Å². The van der Waals surface area contributed by atoms with Gasteiger partial charge in [0.05, 0.1) is 6.04 Å². The van der Waals surface area contributed by atoms with Crippen molar-refractivity contribution in [1.82, 2.24) is 5.32 Å². The van der Waals surface area contributed by atoms with Crippen LogP contribution in [-0.2, 0) is 4.79 Å². The smallest absolute Gasteiger partial charge is 0.237 e. The number of amides is 1. The Morgan fingerprint density at radius 1 is 1.28 bits per heavy atom. The van der Waals surface area contributed by atoms with E-state index in [0.717, 1.165) is 6.42 Å². The fraction of sp³-hybridized carbons (Fsp3) is 0.533. The number of hydrogen-bond acceptors (Lipinski definition) is 2. The maximum Gasteiger partial charge on any atom is 0.237 e. The van der Waals surface area contributed by atoms with Crippen LogP contribution in [0.5, 0.6) is 0 Å². The lowest BCUT2D eigenvalue weighted by Crippen LogP contribution is -2.45. The molecule has 0 spiro atoms. The minimum Gasteiger partial charge on any atom is -0.354 e. The summed E-state index contributed by atoms with van der Waals surface area (Å²) >= 11 is 0. The van der Waals surface area contributed by atoms with Crippen LogP contribution in [0.25, 0.3) is 0 Å². The van der Waals surface area contributed by atoms with Gasteiger partial charge in [-0.15, -0.1) is 0 Å². The second-order valence-corrected chi connectivity index (χ2v) is 4.97. The van der Waals surface area contributed by atoms with Crippen molar-refractivity contribution in [3.63, 3.8) is 0 Å². The first kappa shape index (κ1) is 14.7. The van der Waals surface area contributed by atoms with Crippen molar-refractivity contribution < 1.29 is 4.79 Å². The maximum atomic E-state index is 11.8. The van der Waals surface area contributed by atoms with E-state index in [4.69, 9.17) is 5.73 Å². The fourth-order valence-corrected chi connectivity index (χ4v) is 1.78. The molecular formula is C15H24N2O. The van der Waals surface area contributed by atoms with Gasteiger partial charge in [0, 0.05) is 6.54 Å². The van der Waals surface area contributed by atoms with Crippen molar-refractivity contribution in [1.29, 1.82) is 0 Å². The normalized spacial score (nSPS) is 15.8. The number of benzene rings is 1. The molecular weight excluding hydrogens is 224 g/mol. The van der Waals surface area contributed by atoms with Crippen molar-refractivity contribution >= 4 is 5.91 Å². The van der Waals surface area contributed by atoms with Crippen LogP contribution in [0, 0.1) is 5.92 Å². The average molecular weight is 248 g/mol. The third kappa shape index (κ3) is 4.15. The fourth-order valence-electron chi connectivity index (χ4n) is 1.78. The second kappa shape index (κ2) is 7.17. The van der Waals surface area contributed by atoms with Crippen molar-refractivity contribution in [3.8, 4) is 0 Å². The topological polar surface area (TPSA) is 55.1 Å². The molecule has 0 aromatic heterocycles. The van der Waals surface area contributed by atoms with E-state index < -0.39 is 6.04 Å². The Bertz CT molecular complexity index is 364. The molecule has 0 aliphatic rings. The number of nitrogens with two attached hydrogens (primary N) is 1. The SMILES string of the molecule is CCC(C)C(N)C(=O)NCC(C)c1ccccc1. The average Bonchev–Trinajstić information content (AvgIpc) is 2.43. The highest BCUT2D eigenvalue weighted by Crippen LogP contribution is 2.13. The molecule has 1 rings (SSSR count). The van der Waals surface area contributed by atoms with E-state index >= 15 is 0 Å². The van der Waals surface area contributed by atoms with Gasteiger partial charge in [0.25, 0.3) is 0 Å². The van der Waals surface area contributed by atoms with Crippen LogP contribution >= 0.6 is 0 Å². The Hall–Kier alpha value is -1.35. The molecule has 0 heterocycles. The molecule has 0 fully saturated rings. The molecule has 3 unspecified atom stereocenters. The van der Waals surface area contributed by atoms with Gasteiger partial charge < -0.3 is 11.1 Å². The molecule has 0 aliphatic carbocycles. The summed E-state index contributed by atoms with van der Waals surface area (Å²) < 4.78 is 0. The van der Waals surface area contributed by atoms with E-state index in [2.05, 4.69) is 24.4 Å². The summed E-state index contributed by atoms with van der Waals surface area (Å²) in [6.45, 7) is 6.78. The van der Waals surface area contributed by atoms with Gasteiger partial charge in [-0.3, -0.25) is 4.79 Å². The zero-order valence-corrected chi connectivity index (χ0v) is 11.5. The van der Waals surface area contributed by atoms with Gasteiger partial charge in [0.1, 0.15) is 0 Å². The van der Waals surface area contributed by atoms with Gasteiger partial charge in [-0.25, -0.2) is 0 Å². The molecule has 3 nitrogen and oxygen atoms in total. The number of carbonyl (C=O) groups excluding carboxylic acids is 1. The molecule has 0 saturated heterocycles. The largest absolute Gasteiger partial charge is 0.354 e. The lowest BCUT2D eigenvalue weighted by atomic mass is 9.98. The Labute approximate surface area is 110 Å². The van der Waals surface area contributed by atoms with E-state index in [0.29, 0.717) is 12.5 Å². The van der Waals surface area contributed by atoms with Crippen molar-refractivity contribution in [2.24, 2.45) is 11.7 Å². The van der Waals surface area contributed by atoms with Crippen LogP contribution < -0.4 is 11.1 Å². The molecule has 3 heteroatoms. The van der Waals surface area contributed by atoms with Gasteiger partial charge in [-0.2, -0.15) is 0 Å². The van der Waals surface area contributed by atoms with E-state index in [1.165, 1.54) is 5.56 Å². The number of rotatable bonds is 6. The van der Waals surface area contributed by atoms with E-state index in [9.17, 15) is 4.79 Å². The molecule has 3 N–H and O–H groups in total. The van der Waals surface area contributed by atoms with Crippen LogP contribution in [0.2, 0.25) is 0 Å². The Morgan fingerprint density at radius 3 is 2.44 bits per heavy atom. The summed E-state index contributed by atoms with van der Waals surface area (Å²) in [6.07, 6.45) is 0.919. The second-order valence-electron chi connectivity index (χ2n) is 4.97. The van der Waals surface area contributed by atoms with Crippen LogP contribution in [-0.4, -0.2) is 18.5 Å². The molecule has 0 aliphatic heterocycles. The molecule has 3 atom stereocenters. The van der Waals surface area contributed by atoms with Crippen molar-refractivity contribution in [2.75, 3.05) is 6.54 Å². The van der Waals surface area contributed by atoms with Gasteiger partial charge in [0.15, 0.2) is 0 Å². The maximum absolute atomic E-state index is 11.8. The number of hydrogen-bond donors (Lipinski definition) is 2. The van der Waals surface area contributed by atoms with Crippen LogP contribution in [0.4, 0.5) is 0 Å². The first-order valence-corrected chi connectivity index (χ1v) is 6.64. The highest BCUT2D eigenvalue weighted by molar-refractivity contribution is 5.81. The van der Waals surface area contributed by atoms with Crippen LogP contribution in [0.15, 0.2) is 30.3 Å². The lowest BCUT2D eigenvalue weighted by Gasteiger charge is -2.19. The quantitative estimate of drug-likeness (QED) is 0.811. The molecule has 1 aromatic rings.